The second-order valence-corrected chi connectivity index (χ2v) is 6.00. The van der Waals surface area contributed by atoms with Crippen molar-refractivity contribution in [1.29, 1.82) is 5.26 Å². The number of nitriles is 1. The second-order valence-electron chi connectivity index (χ2n) is 6.00. The van der Waals surface area contributed by atoms with Crippen LogP contribution < -0.4 is 0 Å². The predicted octanol–water partition coefficient (Wildman–Crippen LogP) is 1.41. The maximum absolute atomic E-state index is 8.83. The van der Waals surface area contributed by atoms with Crippen LogP contribution in [-0.2, 0) is 19.4 Å². The zero-order valence-corrected chi connectivity index (χ0v) is 11.9. The molecule has 0 radical (unpaired) electrons. The van der Waals surface area contributed by atoms with E-state index < -0.39 is 0 Å². The predicted molar refractivity (Wildman–Crippen MR) is 76.5 cm³/mol. The third kappa shape index (κ3) is 2.24. The molecule has 21 heavy (non-hydrogen) atoms. The van der Waals surface area contributed by atoms with Gasteiger partial charge in [-0.15, -0.1) is 0 Å². The van der Waals surface area contributed by atoms with Crippen LogP contribution >= 0.6 is 0 Å². The van der Waals surface area contributed by atoms with E-state index in [0.717, 1.165) is 26.1 Å². The van der Waals surface area contributed by atoms with Crippen molar-refractivity contribution in [2.45, 2.75) is 38.3 Å². The van der Waals surface area contributed by atoms with Gasteiger partial charge in [0, 0.05) is 31.5 Å². The molecule has 0 spiro atoms. The highest BCUT2D eigenvalue weighted by Gasteiger charge is 2.30. The van der Waals surface area contributed by atoms with Gasteiger partial charge in [0.1, 0.15) is 6.07 Å². The third-order valence-electron chi connectivity index (χ3n) is 4.56. The zero-order valence-electron chi connectivity index (χ0n) is 11.9. The molecular weight excluding hydrogens is 264 g/mol. The van der Waals surface area contributed by atoms with Crippen LogP contribution in [0.25, 0.3) is 0 Å². The molecule has 1 N–H and O–H groups in total. The van der Waals surface area contributed by atoms with Crippen molar-refractivity contribution in [3.63, 3.8) is 0 Å². The van der Waals surface area contributed by atoms with Gasteiger partial charge in [-0.05, 0) is 31.2 Å². The van der Waals surface area contributed by atoms with E-state index in [1.807, 2.05) is 10.9 Å². The van der Waals surface area contributed by atoms with E-state index in [-0.39, 0.29) is 0 Å². The van der Waals surface area contributed by atoms with Crippen LogP contribution in [0, 0.1) is 11.3 Å². The highest BCUT2D eigenvalue weighted by molar-refractivity contribution is 5.28. The highest BCUT2D eigenvalue weighted by atomic mass is 15.4. The normalized spacial score (nSPS) is 19.0. The lowest BCUT2D eigenvalue weighted by atomic mass is 9.95. The Morgan fingerprint density at radius 1 is 1.33 bits per heavy atom. The Bertz CT molecular complexity index is 685. The Kier molecular flexibility index (Phi) is 3.00. The van der Waals surface area contributed by atoms with Crippen molar-refractivity contribution in [2.75, 3.05) is 13.1 Å². The minimum Gasteiger partial charge on any atom is -0.293 e. The van der Waals surface area contributed by atoms with Gasteiger partial charge in [-0.2, -0.15) is 15.5 Å². The molecule has 1 aliphatic carbocycles. The standard InChI is InChI=1S/C15H18N6/c16-5-11-6-17-21(7-11)12-8-20(9-12)10-15-13-3-1-2-4-14(13)18-19-15/h6-7,12H,1-4,8-10H2,(H,18,19). The van der Waals surface area contributed by atoms with Gasteiger partial charge in [-0.1, -0.05) is 0 Å². The molecule has 1 fully saturated rings. The summed E-state index contributed by atoms with van der Waals surface area (Å²) < 4.78 is 1.91. The van der Waals surface area contributed by atoms with Crippen LogP contribution in [0.5, 0.6) is 0 Å². The molecule has 4 rings (SSSR count). The molecule has 0 saturated carbocycles. The summed E-state index contributed by atoms with van der Waals surface area (Å²) in [6.45, 7) is 2.89. The molecule has 0 amide bonds. The van der Waals surface area contributed by atoms with Gasteiger partial charge in [-0.3, -0.25) is 14.7 Å². The van der Waals surface area contributed by atoms with E-state index in [9.17, 15) is 0 Å². The average Bonchev–Trinajstić information content (AvgIpc) is 3.09. The molecule has 0 unspecified atom stereocenters. The number of hydrogen-bond donors (Lipinski definition) is 1. The summed E-state index contributed by atoms with van der Waals surface area (Å²) >= 11 is 0. The molecule has 0 bridgehead atoms. The Morgan fingerprint density at radius 2 is 2.19 bits per heavy atom. The first-order valence-electron chi connectivity index (χ1n) is 7.55. The van der Waals surface area contributed by atoms with E-state index in [0.29, 0.717) is 11.6 Å². The first-order valence-corrected chi connectivity index (χ1v) is 7.55. The summed E-state index contributed by atoms with van der Waals surface area (Å²) in [6.07, 6.45) is 8.34. The molecule has 3 heterocycles. The fourth-order valence-corrected chi connectivity index (χ4v) is 3.33. The van der Waals surface area contributed by atoms with Crippen LogP contribution in [0.2, 0.25) is 0 Å². The maximum Gasteiger partial charge on any atom is 0.102 e. The Balaban J connectivity index is 1.38. The fourth-order valence-electron chi connectivity index (χ4n) is 3.33. The van der Waals surface area contributed by atoms with Crippen LogP contribution in [-0.4, -0.2) is 38.0 Å². The fraction of sp³-hybridized carbons (Fsp3) is 0.533. The first-order chi connectivity index (χ1) is 10.3. The molecule has 0 atom stereocenters. The van der Waals surface area contributed by atoms with Gasteiger partial charge in [0.05, 0.1) is 23.5 Å². The largest absolute Gasteiger partial charge is 0.293 e. The zero-order chi connectivity index (χ0) is 14.2. The third-order valence-corrected chi connectivity index (χ3v) is 4.56. The minimum atomic E-state index is 0.391. The van der Waals surface area contributed by atoms with Gasteiger partial charge in [0.25, 0.3) is 0 Å². The van der Waals surface area contributed by atoms with E-state index in [2.05, 4.69) is 26.3 Å². The molecule has 2 aromatic rings. The smallest absolute Gasteiger partial charge is 0.102 e. The highest BCUT2D eigenvalue weighted by Crippen LogP contribution is 2.27. The summed E-state index contributed by atoms with van der Waals surface area (Å²) in [6, 6.07) is 2.51. The second kappa shape index (κ2) is 5.01. The summed E-state index contributed by atoms with van der Waals surface area (Å²) in [5.41, 5.74) is 4.66. The topological polar surface area (TPSA) is 73.5 Å². The summed E-state index contributed by atoms with van der Waals surface area (Å²) in [5, 5.41) is 20.8. The Morgan fingerprint density at radius 3 is 3.00 bits per heavy atom. The van der Waals surface area contributed by atoms with Crippen molar-refractivity contribution in [3.8, 4) is 6.07 Å². The Labute approximate surface area is 123 Å². The maximum atomic E-state index is 8.83. The van der Waals surface area contributed by atoms with Crippen molar-refractivity contribution in [1.82, 2.24) is 24.9 Å². The van der Waals surface area contributed by atoms with Crippen molar-refractivity contribution in [3.05, 3.63) is 34.9 Å². The van der Waals surface area contributed by atoms with Gasteiger partial charge < -0.3 is 0 Å². The molecule has 6 nitrogen and oxygen atoms in total. The van der Waals surface area contributed by atoms with Gasteiger partial charge in [0.15, 0.2) is 0 Å². The summed E-state index contributed by atoms with van der Waals surface area (Å²) in [5.74, 6) is 0. The lowest BCUT2D eigenvalue weighted by Gasteiger charge is -2.38. The summed E-state index contributed by atoms with van der Waals surface area (Å²) in [7, 11) is 0. The number of aryl methyl sites for hydroxylation is 1. The number of fused-ring (bicyclic) bond motifs is 1. The molecule has 2 aliphatic rings. The Hall–Kier alpha value is -2.13. The lowest BCUT2D eigenvalue weighted by Crippen LogP contribution is -2.47. The number of aromatic nitrogens is 4. The number of likely N-dealkylation sites (tertiary alicyclic amines) is 1. The van der Waals surface area contributed by atoms with Gasteiger partial charge in [-0.25, -0.2) is 0 Å². The molecule has 0 aromatic carbocycles. The van der Waals surface area contributed by atoms with Gasteiger partial charge in [0.2, 0.25) is 0 Å². The van der Waals surface area contributed by atoms with Gasteiger partial charge >= 0.3 is 0 Å². The quantitative estimate of drug-likeness (QED) is 0.924. The minimum absolute atomic E-state index is 0.391. The molecular formula is C15H18N6. The first kappa shape index (κ1) is 12.6. The monoisotopic (exact) mass is 282 g/mol. The number of hydrogen-bond acceptors (Lipinski definition) is 4. The SMILES string of the molecule is N#Cc1cnn(C2CN(Cc3n[nH]c4c3CCCC4)C2)c1. The molecule has 1 saturated heterocycles. The molecule has 1 aliphatic heterocycles. The summed E-state index contributed by atoms with van der Waals surface area (Å²) in [4.78, 5) is 2.39. The molecule has 108 valence electrons. The number of aromatic amines is 1. The molecule has 2 aromatic heterocycles. The van der Waals surface area contributed by atoms with Crippen molar-refractivity contribution >= 4 is 0 Å². The van der Waals surface area contributed by atoms with E-state index in [1.54, 1.807) is 6.20 Å². The van der Waals surface area contributed by atoms with E-state index in [1.165, 1.54) is 36.2 Å². The lowest BCUT2D eigenvalue weighted by molar-refractivity contribution is 0.0892. The number of nitrogens with one attached hydrogen (secondary N) is 1. The van der Waals surface area contributed by atoms with Crippen LogP contribution in [0.1, 0.15) is 41.4 Å². The van der Waals surface area contributed by atoms with E-state index >= 15 is 0 Å². The average molecular weight is 282 g/mol. The van der Waals surface area contributed by atoms with Crippen molar-refractivity contribution in [2.24, 2.45) is 0 Å². The molecule has 6 heteroatoms. The van der Waals surface area contributed by atoms with Crippen LogP contribution in [0.4, 0.5) is 0 Å². The van der Waals surface area contributed by atoms with Crippen LogP contribution in [0.15, 0.2) is 12.4 Å². The number of H-pyrrole nitrogens is 1. The van der Waals surface area contributed by atoms with E-state index in [4.69, 9.17) is 5.26 Å². The number of nitrogens with zero attached hydrogens (tertiary/aromatic N) is 5. The van der Waals surface area contributed by atoms with Crippen molar-refractivity contribution < 1.29 is 0 Å². The van der Waals surface area contributed by atoms with Crippen LogP contribution in [0.3, 0.4) is 0 Å². The number of rotatable bonds is 3.